The Morgan fingerprint density at radius 1 is 1.35 bits per heavy atom. The first-order valence-corrected chi connectivity index (χ1v) is 5.64. The SMILES string of the molecule is C=CCO[C@@]1(C)[C@@H](C=O)O[C@@H]2OC(C)(C)O[C@@H]21. The first-order valence-electron chi connectivity index (χ1n) is 5.64. The van der Waals surface area contributed by atoms with E-state index >= 15 is 0 Å². The lowest BCUT2D eigenvalue weighted by atomic mass is 9.95. The molecule has 0 amide bonds. The molecule has 0 unspecified atom stereocenters. The minimum absolute atomic E-state index is 0.331. The number of carbonyl (C=O) groups is 1. The molecule has 5 nitrogen and oxygen atoms in total. The molecule has 0 radical (unpaired) electrons. The third-order valence-electron chi connectivity index (χ3n) is 3.10. The van der Waals surface area contributed by atoms with Crippen LogP contribution >= 0.6 is 0 Å². The zero-order chi connectivity index (χ0) is 12.7. The van der Waals surface area contributed by atoms with Crippen molar-refractivity contribution >= 4 is 6.29 Å². The average Bonchev–Trinajstić information content (AvgIpc) is 2.69. The minimum Gasteiger partial charge on any atom is -0.365 e. The predicted octanol–water partition coefficient (Wildman–Crippen LogP) is 1.02. The van der Waals surface area contributed by atoms with Crippen molar-refractivity contribution in [3.05, 3.63) is 12.7 Å². The zero-order valence-electron chi connectivity index (χ0n) is 10.3. The Morgan fingerprint density at radius 3 is 2.65 bits per heavy atom. The highest BCUT2D eigenvalue weighted by Crippen LogP contribution is 2.44. The van der Waals surface area contributed by atoms with Crippen molar-refractivity contribution in [2.24, 2.45) is 0 Å². The van der Waals surface area contributed by atoms with Crippen molar-refractivity contribution in [1.29, 1.82) is 0 Å². The summed E-state index contributed by atoms with van der Waals surface area (Å²) in [5.41, 5.74) is -0.839. The predicted molar refractivity (Wildman–Crippen MR) is 59.3 cm³/mol. The Kier molecular flexibility index (Phi) is 3.12. The van der Waals surface area contributed by atoms with Crippen molar-refractivity contribution in [2.45, 2.75) is 50.7 Å². The zero-order valence-corrected chi connectivity index (χ0v) is 10.3. The van der Waals surface area contributed by atoms with E-state index in [2.05, 4.69) is 6.58 Å². The van der Waals surface area contributed by atoms with Crippen molar-refractivity contribution in [3.8, 4) is 0 Å². The summed E-state index contributed by atoms with van der Waals surface area (Å²) >= 11 is 0. The molecule has 2 rings (SSSR count). The van der Waals surface area contributed by atoms with Crippen LogP contribution in [0.5, 0.6) is 0 Å². The maximum atomic E-state index is 11.0. The lowest BCUT2D eigenvalue weighted by Gasteiger charge is -2.32. The minimum atomic E-state index is -0.839. The van der Waals surface area contributed by atoms with E-state index in [1.807, 2.05) is 0 Å². The van der Waals surface area contributed by atoms with Gasteiger partial charge in [-0.15, -0.1) is 6.58 Å². The average molecular weight is 242 g/mol. The van der Waals surface area contributed by atoms with Gasteiger partial charge in [0.05, 0.1) is 6.61 Å². The summed E-state index contributed by atoms with van der Waals surface area (Å²) in [6.45, 7) is 9.33. The molecule has 0 aromatic rings. The summed E-state index contributed by atoms with van der Waals surface area (Å²) in [4.78, 5) is 11.0. The summed E-state index contributed by atoms with van der Waals surface area (Å²) in [6.07, 6.45) is 0.693. The summed E-state index contributed by atoms with van der Waals surface area (Å²) in [5.74, 6) is -0.720. The first-order chi connectivity index (χ1) is 7.93. The maximum Gasteiger partial charge on any atom is 0.191 e. The van der Waals surface area contributed by atoms with Gasteiger partial charge in [-0.25, -0.2) is 0 Å². The molecular weight excluding hydrogens is 224 g/mol. The van der Waals surface area contributed by atoms with Crippen molar-refractivity contribution in [1.82, 2.24) is 0 Å². The Labute approximate surface area is 101 Å². The summed E-state index contributed by atoms with van der Waals surface area (Å²) in [7, 11) is 0. The number of hydrogen-bond acceptors (Lipinski definition) is 5. The van der Waals surface area contributed by atoms with Gasteiger partial charge in [-0.05, 0) is 20.8 Å². The second kappa shape index (κ2) is 4.17. The van der Waals surface area contributed by atoms with E-state index in [-0.39, 0.29) is 0 Å². The van der Waals surface area contributed by atoms with E-state index in [0.29, 0.717) is 6.61 Å². The van der Waals surface area contributed by atoms with Gasteiger partial charge in [0.15, 0.2) is 18.4 Å². The molecule has 0 N–H and O–H groups in total. The molecule has 0 bridgehead atoms. The van der Waals surface area contributed by atoms with Gasteiger partial charge in [0.1, 0.15) is 17.8 Å². The van der Waals surface area contributed by atoms with Gasteiger partial charge in [-0.2, -0.15) is 0 Å². The first kappa shape index (κ1) is 12.7. The summed E-state index contributed by atoms with van der Waals surface area (Å²) in [6, 6.07) is 0. The Hall–Kier alpha value is -0.750. The highest BCUT2D eigenvalue weighted by molar-refractivity contribution is 5.59. The molecule has 0 saturated carbocycles. The topological polar surface area (TPSA) is 54.0 Å². The number of hydrogen-bond donors (Lipinski definition) is 0. The van der Waals surface area contributed by atoms with Crippen LogP contribution in [0, 0.1) is 0 Å². The van der Waals surface area contributed by atoms with Gasteiger partial charge >= 0.3 is 0 Å². The molecule has 2 aliphatic heterocycles. The van der Waals surface area contributed by atoms with E-state index in [1.54, 1.807) is 26.8 Å². The van der Waals surface area contributed by atoms with Gasteiger partial charge in [-0.1, -0.05) is 6.08 Å². The molecule has 17 heavy (non-hydrogen) atoms. The number of aldehydes is 1. The molecule has 2 saturated heterocycles. The van der Waals surface area contributed by atoms with E-state index in [0.717, 1.165) is 6.29 Å². The molecule has 5 heteroatoms. The third kappa shape index (κ3) is 2.04. The molecule has 96 valence electrons. The summed E-state index contributed by atoms with van der Waals surface area (Å²) < 4.78 is 22.5. The number of fused-ring (bicyclic) bond motifs is 1. The maximum absolute atomic E-state index is 11.0. The number of rotatable bonds is 4. The standard InChI is InChI=1S/C12H18O5/c1-5-6-14-12(4)8(7-13)15-10-9(12)16-11(2,3)17-10/h5,7-10H,1,6H2,2-4H3/t8-,9+,10-,12+/m1/s1. The normalized spacial score (nSPS) is 43.4. The van der Waals surface area contributed by atoms with Crippen LogP contribution in [0.2, 0.25) is 0 Å². The van der Waals surface area contributed by atoms with Gasteiger partial charge in [-0.3, -0.25) is 0 Å². The van der Waals surface area contributed by atoms with Crippen LogP contribution in [-0.2, 0) is 23.7 Å². The van der Waals surface area contributed by atoms with Crippen molar-refractivity contribution < 1.29 is 23.7 Å². The lowest BCUT2D eigenvalue weighted by molar-refractivity contribution is -0.228. The van der Waals surface area contributed by atoms with Gasteiger partial charge in [0.25, 0.3) is 0 Å². The van der Waals surface area contributed by atoms with Crippen LogP contribution in [0.25, 0.3) is 0 Å². The molecule has 2 aliphatic rings. The quantitative estimate of drug-likeness (QED) is 0.544. The highest BCUT2D eigenvalue weighted by Gasteiger charge is 2.62. The van der Waals surface area contributed by atoms with Crippen LogP contribution in [-0.4, -0.2) is 42.8 Å². The van der Waals surface area contributed by atoms with Crippen LogP contribution in [0.3, 0.4) is 0 Å². The fraction of sp³-hybridized carbons (Fsp3) is 0.750. The number of ether oxygens (including phenoxy) is 4. The molecule has 0 aromatic carbocycles. The van der Waals surface area contributed by atoms with Crippen LogP contribution in [0.15, 0.2) is 12.7 Å². The van der Waals surface area contributed by atoms with Gasteiger partial charge in [0, 0.05) is 0 Å². The fourth-order valence-corrected chi connectivity index (χ4v) is 2.23. The Morgan fingerprint density at radius 2 is 2.06 bits per heavy atom. The van der Waals surface area contributed by atoms with Crippen molar-refractivity contribution in [2.75, 3.05) is 6.61 Å². The Bertz CT molecular complexity index is 327. The largest absolute Gasteiger partial charge is 0.365 e. The van der Waals surface area contributed by atoms with Crippen molar-refractivity contribution in [3.63, 3.8) is 0 Å². The van der Waals surface area contributed by atoms with E-state index in [1.165, 1.54) is 0 Å². The second-order valence-corrected chi connectivity index (χ2v) is 4.90. The molecular formula is C12H18O5. The van der Waals surface area contributed by atoms with E-state index < -0.39 is 29.9 Å². The second-order valence-electron chi connectivity index (χ2n) is 4.90. The van der Waals surface area contributed by atoms with Gasteiger partial charge in [0.2, 0.25) is 0 Å². The summed E-state index contributed by atoms with van der Waals surface area (Å²) in [5, 5.41) is 0. The highest BCUT2D eigenvalue weighted by atomic mass is 16.8. The molecule has 0 spiro atoms. The molecule has 4 atom stereocenters. The lowest BCUT2D eigenvalue weighted by Crippen LogP contribution is -2.49. The van der Waals surface area contributed by atoms with E-state index in [9.17, 15) is 4.79 Å². The monoisotopic (exact) mass is 242 g/mol. The third-order valence-corrected chi connectivity index (χ3v) is 3.10. The molecule has 2 fully saturated rings. The fourth-order valence-electron chi connectivity index (χ4n) is 2.23. The van der Waals surface area contributed by atoms with Gasteiger partial charge < -0.3 is 23.7 Å². The van der Waals surface area contributed by atoms with E-state index in [4.69, 9.17) is 18.9 Å². The smallest absolute Gasteiger partial charge is 0.191 e. The molecule has 0 aliphatic carbocycles. The van der Waals surface area contributed by atoms with Crippen LogP contribution < -0.4 is 0 Å². The Balaban J connectivity index is 2.20. The van der Waals surface area contributed by atoms with Crippen LogP contribution in [0.1, 0.15) is 20.8 Å². The number of carbonyl (C=O) groups excluding carboxylic acids is 1. The molecule has 0 aromatic heterocycles. The molecule has 2 heterocycles. The van der Waals surface area contributed by atoms with Crippen LogP contribution in [0.4, 0.5) is 0 Å².